The molecule has 0 aliphatic carbocycles. The van der Waals surface area contributed by atoms with Gasteiger partial charge >= 0.3 is 0 Å². The van der Waals surface area contributed by atoms with Crippen LogP contribution in [0.1, 0.15) is 0 Å². The molecule has 0 radical (unpaired) electrons. The maximum Gasteiger partial charge on any atom is 0.164 e. The Bertz CT molecular complexity index is 3610. The Labute approximate surface area is 349 Å². The molecule has 60 heavy (non-hydrogen) atoms. The Morgan fingerprint density at radius 1 is 0.300 bits per heavy atom. The van der Waals surface area contributed by atoms with Crippen LogP contribution in [0.5, 0.6) is 0 Å². The van der Waals surface area contributed by atoms with Crippen molar-refractivity contribution in [3.8, 4) is 67.5 Å². The minimum absolute atomic E-state index is 0.584. The fourth-order valence-corrected chi connectivity index (χ4v) is 10.1. The maximum absolute atomic E-state index is 6.32. The van der Waals surface area contributed by atoms with Crippen molar-refractivity contribution in [1.82, 2.24) is 15.0 Å². The molecule has 0 aliphatic heterocycles. The van der Waals surface area contributed by atoms with E-state index in [0.29, 0.717) is 17.5 Å². The molecule has 0 N–H and O–H groups in total. The third-order valence-electron chi connectivity index (χ3n) is 11.6. The van der Waals surface area contributed by atoms with Crippen LogP contribution in [0.15, 0.2) is 205 Å². The van der Waals surface area contributed by atoms with Gasteiger partial charge in [-0.2, -0.15) is 0 Å². The lowest BCUT2D eigenvalue weighted by Gasteiger charge is -2.13. The highest BCUT2D eigenvalue weighted by Crippen LogP contribution is 2.45. The fourth-order valence-electron chi connectivity index (χ4n) is 8.70. The van der Waals surface area contributed by atoms with Gasteiger partial charge in [0.25, 0.3) is 0 Å². The SMILES string of the molecule is c1ccc(-c2ccccc2-c2nc(-c3ccc4c(-c5cccc6c5sc5c(-c7ccccc7)cccc56)cccc4c3)nc(-c3ccc4c(c3)oc3ccccc34)n2)cc1. The summed E-state index contributed by atoms with van der Waals surface area (Å²) in [4.78, 5) is 15.6. The normalized spacial score (nSPS) is 11.7. The lowest BCUT2D eigenvalue weighted by Crippen LogP contribution is -2.01. The van der Waals surface area contributed by atoms with E-state index >= 15 is 0 Å². The summed E-state index contributed by atoms with van der Waals surface area (Å²) in [6, 6.07) is 70.4. The Morgan fingerprint density at radius 3 is 1.58 bits per heavy atom. The summed E-state index contributed by atoms with van der Waals surface area (Å²) < 4.78 is 8.91. The minimum Gasteiger partial charge on any atom is -0.456 e. The topological polar surface area (TPSA) is 51.8 Å². The zero-order chi connectivity index (χ0) is 39.6. The van der Waals surface area contributed by atoms with E-state index in [0.717, 1.165) is 55.1 Å². The second-order valence-corrected chi connectivity index (χ2v) is 16.1. The van der Waals surface area contributed by atoms with Crippen LogP contribution in [0.2, 0.25) is 0 Å². The molecular formula is C55H33N3OS. The molecule has 0 aliphatic rings. The second kappa shape index (κ2) is 14.0. The zero-order valence-electron chi connectivity index (χ0n) is 32.2. The first kappa shape index (κ1) is 34.3. The van der Waals surface area contributed by atoms with Crippen molar-refractivity contribution in [3.05, 3.63) is 200 Å². The summed E-state index contributed by atoms with van der Waals surface area (Å²) in [5, 5.41) is 7.01. The van der Waals surface area contributed by atoms with E-state index in [1.54, 1.807) is 0 Å². The van der Waals surface area contributed by atoms with Crippen LogP contribution in [0, 0.1) is 0 Å². The predicted octanol–water partition coefficient (Wildman–Crippen LogP) is 15.3. The van der Waals surface area contributed by atoms with Gasteiger partial charge < -0.3 is 4.42 Å². The van der Waals surface area contributed by atoms with Crippen molar-refractivity contribution >= 4 is 64.2 Å². The van der Waals surface area contributed by atoms with Crippen LogP contribution >= 0.6 is 11.3 Å². The van der Waals surface area contributed by atoms with Gasteiger partial charge in [-0.3, -0.25) is 0 Å². The van der Waals surface area contributed by atoms with E-state index in [-0.39, 0.29) is 0 Å². The lowest BCUT2D eigenvalue weighted by atomic mass is 9.95. The maximum atomic E-state index is 6.32. The summed E-state index contributed by atoms with van der Waals surface area (Å²) in [7, 11) is 0. The van der Waals surface area contributed by atoms with Gasteiger partial charge in [0.2, 0.25) is 0 Å². The average Bonchev–Trinajstić information content (AvgIpc) is 3.90. The van der Waals surface area contributed by atoms with Crippen LogP contribution in [0.4, 0.5) is 0 Å². The molecule has 0 atom stereocenters. The van der Waals surface area contributed by atoms with E-state index < -0.39 is 0 Å². The zero-order valence-corrected chi connectivity index (χ0v) is 33.0. The van der Waals surface area contributed by atoms with Crippen molar-refractivity contribution < 1.29 is 4.42 Å². The van der Waals surface area contributed by atoms with Crippen LogP contribution in [0.25, 0.3) is 120 Å². The predicted molar refractivity (Wildman–Crippen MR) is 250 cm³/mol. The van der Waals surface area contributed by atoms with Crippen LogP contribution in [-0.4, -0.2) is 15.0 Å². The van der Waals surface area contributed by atoms with Gasteiger partial charge in [0, 0.05) is 53.2 Å². The molecule has 0 saturated carbocycles. The van der Waals surface area contributed by atoms with Gasteiger partial charge in [0.15, 0.2) is 17.5 Å². The number of para-hydroxylation sites is 1. The standard InChI is InChI=1S/C55H33N3OS/c1-3-14-34(15-4-1)39-19-7-8-21-48(39)55-57-53(56-54(58-55)38-29-31-44-43-20-9-10-27-49(43)59-50(44)33-38)37-28-30-40-36(32-37)18-11-23-42(40)45-24-13-26-47-46-25-12-22-41(51(46)60-52(45)47)35-16-5-2-6-17-35/h1-33H. The average molecular weight is 784 g/mol. The fraction of sp³-hybridized carbons (Fsp3) is 0. The molecule has 3 heterocycles. The molecule has 0 unspecified atom stereocenters. The summed E-state index contributed by atoms with van der Waals surface area (Å²) in [5.74, 6) is 1.80. The highest BCUT2D eigenvalue weighted by Gasteiger charge is 2.19. The third-order valence-corrected chi connectivity index (χ3v) is 12.9. The van der Waals surface area contributed by atoms with Crippen LogP contribution in [-0.2, 0) is 0 Å². The second-order valence-electron chi connectivity index (χ2n) is 15.1. The van der Waals surface area contributed by atoms with E-state index in [1.807, 2.05) is 47.7 Å². The Balaban J connectivity index is 1.02. The molecule has 9 aromatic carbocycles. The van der Waals surface area contributed by atoms with E-state index in [4.69, 9.17) is 19.4 Å². The first-order chi connectivity index (χ1) is 29.7. The molecule has 5 heteroatoms. The van der Waals surface area contributed by atoms with Crippen LogP contribution in [0.3, 0.4) is 0 Å². The molecule has 0 amide bonds. The van der Waals surface area contributed by atoms with Crippen molar-refractivity contribution in [2.24, 2.45) is 0 Å². The number of hydrogen-bond donors (Lipinski definition) is 0. The number of thiophene rings is 1. The van der Waals surface area contributed by atoms with Crippen LogP contribution < -0.4 is 0 Å². The molecule has 0 bridgehead atoms. The van der Waals surface area contributed by atoms with Gasteiger partial charge in [0.05, 0.1) is 0 Å². The van der Waals surface area contributed by atoms with Crippen molar-refractivity contribution in [3.63, 3.8) is 0 Å². The number of furan rings is 1. The third kappa shape index (κ3) is 5.70. The number of benzene rings is 9. The first-order valence-corrected chi connectivity index (χ1v) is 20.9. The molecule has 0 saturated heterocycles. The van der Waals surface area contributed by atoms with Gasteiger partial charge in [-0.05, 0) is 62.9 Å². The van der Waals surface area contributed by atoms with E-state index in [1.165, 1.54) is 47.8 Å². The summed E-state index contributed by atoms with van der Waals surface area (Å²) in [6.07, 6.45) is 0. The van der Waals surface area contributed by atoms with Gasteiger partial charge in [-0.25, -0.2) is 15.0 Å². The Kier molecular flexibility index (Phi) is 8.00. The number of rotatable bonds is 6. The highest BCUT2D eigenvalue weighted by molar-refractivity contribution is 7.26. The number of nitrogens with zero attached hydrogens (tertiary/aromatic N) is 3. The molecule has 0 fully saturated rings. The van der Waals surface area contributed by atoms with Gasteiger partial charge in [-0.15, -0.1) is 11.3 Å². The molecule has 3 aromatic heterocycles. The number of aromatic nitrogens is 3. The van der Waals surface area contributed by atoms with Crippen molar-refractivity contribution in [2.45, 2.75) is 0 Å². The van der Waals surface area contributed by atoms with Gasteiger partial charge in [0.1, 0.15) is 11.2 Å². The molecule has 12 rings (SSSR count). The molecular weight excluding hydrogens is 751 g/mol. The number of hydrogen-bond acceptors (Lipinski definition) is 5. The number of fused-ring (bicyclic) bond motifs is 7. The summed E-state index contributed by atoms with van der Waals surface area (Å²) in [6.45, 7) is 0. The van der Waals surface area contributed by atoms with E-state index in [9.17, 15) is 0 Å². The first-order valence-electron chi connectivity index (χ1n) is 20.1. The van der Waals surface area contributed by atoms with Crippen molar-refractivity contribution in [1.29, 1.82) is 0 Å². The monoisotopic (exact) mass is 783 g/mol. The molecule has 4 nitrogen and oxygen atoms in total. The minimum atomic E-state index is 0.584. The largest absolute Gasteiger partial charge is 0.456 e. The molecule has 12 aromatic rings. The molecule has 0 spiro atoms. The highest BCUT2D eigenvalue weighted by atomic mass is 32.1. The van der Waals surface area contributed by atoms with E-state index in [2.05, 4.69) is 164 Å². The Hall–Kier alpha value is -7.73. The quantitative estimate of drug-likeness (QED) is 0.169. The Morgan fingerprint density at radius 2 is 0.817 bits per heavy atom. The van der Waals surface area contributed by atoms with Gasteiger partial charge in [-0.1, -0.05) is 176 Å². The summed E-state index contributed by atoms with van der Waals surface area (Å²) in [5.41, 5.74) is 11.5. The smallest absolute Gasteiger partial charge is 0.164 e. The lowest BCUT2D eigenvalue weighted by molar-refractivity contribution is 0.669. The summed E-state index contributed by atoms with van der Waals surface area (Å²) >= 11 is 1.88. The van der Waals surface area contributed by atoms with Crippen molar-refractivity contribution in [2.75, 3.05) is 0 Å². The molecule has 280 valence electrons.